The van der Waals surface area contributed by atoms with E-state index in [1.165, 1.54) is 5.56 Å². The summed E-state index contributed by atoms with van der Waals surface area (Å²) in [7, 11) is 5.41. The van der Waals surface area contributed by atoms with Gasteiger partial charge in [0.25, 0.3) is 0 Å². The van der Waals surface area contributed by atoms with Crippen LogP contribution in [-0.4, -0.2) is 57.1 Å². The maximum Gasteiger partial charge on any atom is 0.230 e. The van der Waals surface area contributed by atoms with E-state index in [1.54, 1.807) is 11.9 Å². The van der Waals surface area contributed by atoms with Crippen molar-refractivity contribution in [3.63, 3.8) is 0 Å². The fourth-order valence-corrected chi connectivity index (χ4v) is 3.60. The van der Waals surface area contributed by atoms with Crippen LogP contribution >= 0.6 is 24.0 Å². The number of halogens is 1. The molecule has 1 aromatic rings. The summed E-state index contributed by atoms with van der Waals surface area (Å²) in [6, 6.07) is 8.04. The van der Waals surface area contributed by atoms with Crippen molar-refractivity contribution in [2.75, 3.05) is 34.2 Å². The fraction of sp³-hybridized carbons (Fsp3) is 0.619. The highest BCUT2D eigenvalue weighted by molar-refractivity contribution is 14.0. The Morgan fingerprint density at radius 3 is 2.36 bits per heavy atom. The summed E-state index contributed by atoms with van der Waals surface area (Å²) >= 11 is 0. The minimum Gasteiger partial charge on any atom is -0.489 e. The lowest BCUT2D eigenvalue weighted by Gasteiger charge is -2.31. The normalized spacial score (nSPS) is 16.7. The number of amides is 1. The van der Waals surface area contributed by atoms with Crippen LogP contribution in [0.3, 0.4) is 0 Å². The van der Waals surface area contributed by atoms with Crippen molar-refractivity contribution in [2.24, 2.45) is 10.4 Å². The first-order chi connectivity index (χ1) is 12.9. The van der Waals surface area contributed by atoms with Crippen LogP contribution in [0, 0.1) is 12.3 Å². The summed E-state index contributed by atoms with van der Waals surface area (Å²) in [4.78, 5) is 18.7. The number of benzene rings is 1. The van der Waals surface area contributed by atoms with Gasteiger partial charge in [-0.3, -0.25) is 9.79 Å². The lowest BCUT2D eigenvalue weighted by atomic mass is 9.84. The lowest BCUT2D eigenvalue weighted by Crippen LogP contribution is -2.50. The minimum absolute atomic E-state index is 0. The van der Waals surface area contributed by atoms with Gasteiger partial charge in [0.1, 0.15) is 11.9 Å². The largest absolute Gasteiger partial charge is 0.489 e. The number of nitrogens with zero attached hydrogens (tertiary/aromatic N) is 2. The first-order valence-corrected chi connectivity index (χ1v) is 9.76. The molecule has 0 aromatic heterocycles. The Labute approximate surface area is 186 Å². The van der Waals surface area contributed by atoms with Crippen LogP contribution in [0.4, 0.5) is 0 Å². The van der Waals surface area contributed by atoms with Crippen LogP contribution in [0.2, 0.25) is 0 Å². The minimum atomic E-state index is -0.314. The second-order valence-corrected chi connectivity index (χ2v) is 7.74. The Morgan fingerprint density at radius 1 is 1.21 bits per heavy atom. The molecule has 1 aliphatic carbocycles. The van der Waals surface area contributed by atoms with Crippen molar-refractivity contribution in [1.82, 2.24) is 15.5 Å². The van der Waals surface area contributed by atoms with E-state index in [2.05, 4.69) is 22.5 Å². The number of rotatable bonds is 7. The molecule has 0 bridgehead atoms. The molecule has 1 saturated carbocycles. The topological polar surface area (TPSA) is 66.0 Å². The lowest BCUT2D eigenvalue weighted by molar-refractivity contribution is -0.138. The van der Waals surface area contributed by atoms with Gasteiger partial charge in [0.2, 0.25) is 5.91 Å². The van der Waals surface area contributed by atoms with Crippen LogP contribution in [0.5, 0.6) is 5.75 Å². The maximum atomic E-state index is 12.7. The van der Waals surface area contributed by atoms with Crippen LogP contribution in [0.15, 0.2) is 29.3 Å². The molecule has 1 aliphatic rings. The maximum absolute atomic E-state index is 12.7. The highest BCUT2D eigenvalue weighted by atomic mass is 127. The van der Waals surface area contributed by atoms with Gasteiger partial charge >= 0.3 is 0 Å². The van der Waals surface area contributed by atoms with Gasteiger partial charge in [-0.15, -0.1) is 24.0 Å². The summed E-state index contributed by atoms with van der Waals surface area (Å²) in [6.45, 7) is 5.32. The SMILES string of the molecule is CN=C(NCC(C)Oc1ccc(C)cc1)NCC1(C(=O)N(C)C)CCCC1.I. The van der Waals surface area contributed by atoms with E-state index in [-0.39, 0.29) is 41.4 Å². The summed E-state index contributed by atoms with van der Waals surface area (Å²) < 4.78 is 5.93. The summed E-state index contributed by atoms with van der Waals surface area (Å²) in [5.41, 5.74) is 0.899. The molecule has 0 radical (unpaired) electrons. The van der Waals surface area contributed by atoms with E-state index < -0.39 is 0 Å². The van der Waals surface area contributed by atoms with Crippen molar-refractivity contribution in [3.8, 4) is 5.75 Å². The molecule has 2 N–H and O–H groups in total. The summed E-state index contributed by atoms with van der Waals surface area (Å²) in [5, 5.41) is 6.65. The monoisotopic (exact) mass is 502 g/mol. The van der Waals surface area contributed by atoms with Gasteiger partial charge in [-0.05, 0) is 38.8 Å². The molecule has 0 aliphatic heterocycles. The molecule has 7 heteroatoms. The van der Waals surface area contributed by atoms with Gasteiger partial charge in [0.05, 0.1) is 12.0 Å². The predicted octanol–water partition coefficient (Wildman–Crippen LogP) is 3.19. The molecular weight excluding hydrogens is 467 g/mol. The van der Waals surface area contributed by atoms with E-state index in [4.69, 9.17) is 4.74 Å². The van der Waals surface area contributed by atoms with E-state index >= 15 is 0 Å². The van der Waals surface area contributed by atoms with E-state index in [9.17, 15) is 4.79 Å². The Morgan fingerprint density at radius 2 is 1.82 bits per heavy atom. The number of ether oxygens (including phenoxy) is 1. The zero-order chi connectivity index (χ0) is 19.9. The Bertz CT molecular complexity index is 640. The molecule has 0 saturated heterocycles. The Kier molecular flexibility index (Phi) is 10.1. The van der Waals surface area contributed by atoms with Crippen molar-refractivity contribution in [1.29, 1.82) is 0 Å². The molecule has 2 rings (SSSR count). The highest BCUT2D eigenvalue weighted by Gasteiger charge is 2.42. The predicted molar refractivity (Wildman–Crippen MR) is 126 cm³/mol. The van der Waals surface area contributed by atoms with Gasteiger partial charge in [-0.25, -0.2) is 0 Å². The van der Waals surface area contributed by atoms with Crippen LogP contribution in [-0.2, 0) is 4.79 Å². The average Bonchev–Trinajstić information content (AvgIpc) is 3.13. The van der Waals surface area contributed by atoms with Crippen molar-refractivity contribution in [3.05, 3.63) is 29.8 Å². The van der Waals surface area contributed by atoms with Crippen LogP contribution in [0.25, 0.3) is 0 Å². The first-order valence-electron chi connectivity index (χ1n) is 9.76. The van der Waals surface area contributed by atoms with Gasteiger partial charge < -0.3 is 20.3 Å². The second kappa shape index (κ2) is 11.5. The second-order valence-electron chi connectivity index (χ2n) is 7.74. The van der Waals surface area contributed by atoms with Crippen molar-refractivity contribution >= 4 is 35.8 Å². The quantitative estimate of drug-likeness (QED) is 0.342. The number of guanidine groups is 1. The molecule has 0 spiro atoms. The Balaban J connectivity index is 0.00000392. The van der Waals surface area contributed by atoms with E-state index in [0.29, 0.717) is 19.0 Å². The number of carbonyl (C=O) groups is 1. The molecule has 1 atom stereocenters. The highest BCUT2D eigenvalue weighted by Crippen LogP contribution is 2.38. The summed E-state index contributed by atoms with van der Waals surface area (Å²) in [5.74, 6) is 1.77. The number of carbonyl (C=O) groups excluding carboxylic acids is 1. The van der Waals surface area contributed by atoms with Crippen LogP contribution < -0.4 is 15.4 Å². The Hall–Kier alpha value is -1.51. The smallest absolute Gasteiger partial charge is 0.230 e. The standard InChI is InChI=1S/C21H34N4O2.HI/c1-16-8-10-18(11-9-16)27-17(2)14-23-20(22-3)24-15-21(12-6-7-13-21)19(26)25(4)5;/h8-11,17H,6-7,12-15H2,1-5H3,(H2,22,23,24);1H. The van der Waals surface area contributed by atoms with E-state index in [1.807, 2.05) is 45.3 Å². The fourth-order valence-electron chi connectivity index (χ4n) is 3.60. The number of hydrogen-bond donors (Lipinski definition) is 2. The van der Waals surface area contributed by atoms with Gasteiger partial charge in [-0.1, -0.05) is 30.5 Å². The number of nitrogens with one attached hydrogen (secondary N) is 2. The molecule has 1 amide bonds. The molecule has 1 unspecified atom stereocenters. The molecule has 0 heterocycles. The molecule has 1 fully saturated rings. The third-order valence-corrected chi connectivity index (χ3v) is 5.15. The van der Waals surface area contributed by atoms with Crippen molar-refractivity contribution < 1.29 is 9.53 Å². The molecule has 1 aromatic carbocycles. The molecule has 6 nitrogen and oxygen atoms in total. The van der Waals surface area contributed by atoms with E-state index in [0.717, 1.165) is 31.4 Å². The number of aryl methyl sites for hydroxylation is 1. The number of hydrogen-bond acceptors (Lipinski definition) is 3. The first kappa shape index (κ1) is 24.5. The molecule has 158 valence electrons. The average molecular weight is 502 g/mol. The van der Waals surface area contributed by atoms with Crippen molar-refractivity contribution in [2.45, 2.75) is 45.6 Å². The number of aliphatic imine (C=N–C) groups is 1. The zero-order valence-electron chi connectivity index (χ0n) is 17.7. The third kappa shape index (κ3) is 6.83. The van der Waals surface area contributed by atoms with Gasteiger partial charge in [0, 0.05) is 27.7 Å². The third-order valence-electron chi connectivity index (χ3n) is 5.15. The summed E-state index contributed by atoms with van der Waals surface area (Å²) in [6.07, 6.45) is 4.07. The zero-order valence-corrected chi connectivity index (χ0v) is 20.1. The van der Waals surface area contributed by atoms with Crippen LogP contribution in [0.1, 0.15) is 38.2 Å². The van der Waals surface area contributed by atoms with Gasteiger partial charge in [-0.2, -0.15) is 0 Å². The molecule has 28 heavy (non-hydrogen) atoms. The molecular formula is C21H35IN4O2. The van der Waals surface area contributed by atoms with Gasteiger partial charge in [0.15, 0.2) is 5.96 Å².